The number of hydrogen-bond acceptors (Lipinski definition) is 1. The first-order chi connectivity index (χ1) is 3.95. The molecule has 1 heterocycles. The van der Waals surface area contributed by atoms with Crippen molar-refractivity contribution in [3.8, 4) is 0 Å². The van der Waals surface area contributed by atoms with Gasteiger partial charge in [-0.3, -0.25) is 0 Å². The quantitative estimate of drug-likeness (QED) is 0.547. The smallest absolute Gasteiger partial charge is 0.00203 e. The van der Waals surface area contributed by atoms with E-state index < -0.39 is 0 Å². The lowest BCUT2D eigenvalue weighted by atomic mass is 10.0. The minimum Gasteiger partial charge on any atom is -0.316 e. The Kier molecular flexibility index (Phi) is 2.36. The molecule has 1 nitrogen and oxygen atoms in total. The summed E-state index contributed by atoms with van der Waals surface area (Å²) in [5.41, 5.74) is 0. The Bertz CT molecular complexity index is 80.9. The van der Waals surface area contributed by atoms with Crippen molar-refractivity contribution in [2.75, 3.05) is 13.1 Å². The Morgan fingerprint density at radius 1 is 1.00 bits per heavy atom. The van der Waals surface area contributed by atoms with Crippen LogP contribution in [0.15, 0.2) is 0 Å². The minimum atomic E-state index is 0. The lowest BCUT2D eigenvalue weighted by Gasteiger charge is -2.18. The molecular formula is C7H14ClN. The molecule has 2 bridgehead atoms. The van der Waals surface area contributed by atoms with E-state index >= 15 is 0 Å². The van der Waals surface area contributed by atoms with E-state index in [1.54, 1.807) is 0 Å². The molecule has 1 aliphatic carbocycles. The Labute approximate surface area is 62.6 Å². The Hall–Kier alpha value is 0.250. The third kappa shape index (κ3) is 1.39. The molecular weight excluding hydrogens is 134 g/mol. The second-order valence-corrected chi connectivity index (χ2v) is 3.20. The van der Waals surface area contributed by atoms with Gasteiger partial charge in [0.25, 0.3) is 0 Å². The van der Waals surface area contributed by atoms with Gasteiger partial charge in [0.15, 0.2) is 0 Å². The number of piperidine rings is 1. The standard InChI is InChI=1S/C7H13N.ClH/c1-2-7-3-6(1)4-8-5-7;/h6-8H,1-5H2;1H. The molecule has 1 aliphatic heterocycles. The van der Waals surface area contributed by atoms with Crippen molar-refractivity contribution in [2.24, 2.45) is 11.8 Å². The van der Waals surface area contributed by atoms with E-state index in [0.29, 0.717) is 0 Å². The second kappa shape index (κ2) is 2.89. The van der Waals surface area contributed by atoms with Crippen molar-refractivity contribution in [2.45, 2.75) is 19.3 Å². The summed E-state index contributed by atoms with van der Waals surface area (Å²) >= 11 is 0. The Morgan fingerprint density at radius 3 is 2.00 bits per heavy atom. The zero-order chi connectivity index (χ0) is 5.40. The molecule has 0 radical (unpaired) electrons. The van der Waals surface area contributed by atoms with Gasteiger partial charge in [0.05, 0.1) is 0 Å². The number of halogens is 1. The van der Waals surface area contributed by atoms with Crippen LogP contribution in [0, 0.1) is 11.8 Å². The maximum absolute atomic E-state index is 3.45. The summed E-state index contributed by atoms with van der Waals surface area (Å²) in [4.78, 5) is 0. The van der Waals surface area contributed by atoms with Crippen LogP contribution < -0.4 is 5.32 Å². The summed E-state index contributed by atoms with van der Waals surface area (Å²) in [6.07, 6.45) is 4.52. The maximum Gasteiger partial charge on any atom is -0.00203 e. The fraction of sp³-hybridized carbons (Fsp3) is 1.00. The maximum atomic E-state index is 3.45. The van der Waals surface area contributed by atoms with Gasteiger partial charge in [-0.2, -0.15) is 0 Å². The number of nitrogens with one attached hydrogen (secondary N) is 1. The van der Waals surface area contributed by atoms with Crippen molar-refractivity contribution < 1.29 is 0 Å². The molecule has 2 aliphatic rings. The van der Waals surface area contributed by atoms with Crippen LogP contribution in [-0.2, 0) is 0 Å². The van der Waals surface area contributed by atoms with Crippen molar-refractivity contribution in [3.05, 3.63) is 0 Å². The average Bonchev–Trinajstić information content (AvgIpc) is 2.12. The highest BCUT2D eigenvalue weighted by molar-refractivity contribution is 5.85. The van der Waals surface area contributed by atoms with Gasteiger partial charge in [-0.05, 0) is 44.2 Å². The average molecular weight is 148 g/mol. The van der Waals surface area contributed by atoms with Crippen LogP contribution in [0.2, 0.25) is 0 Å². The number of rotatable bonds is 0. The molecule has 2 unspecified atom stereocenters. The van der Waals surface area contributed by atoms with Gasteiger partial charge < -0.3 is 5.32 Å². The number of hydrogen-bond donors (Lipinski definition) is 1. The molecule has 0 aromatic heterocycles. The van der Waals surface area contributed by atoms with E-state index in [1.807, 2.05) is 0 Å². The van der Waals surface area contributed by atoms with E-state index in [1.165, 1.54) is 32.4 Å². The van der Waals surface area contributed by atoms with Crippen LogP contribution in [0.5, 0.6) is 0 Å². The van der Waals surface area contributed by atoms with Crippen LogP contribution >= 0.6 is 12.4 Å². The van der Waals surface area contributed by atoms with Crippen LogP contribution in [0.3, 0.4) is 0 Å². The SMILES string of the molecule is C1CC2CNCC1C2.Cl. The first-order valence-electron chi connectivity index (χ1n) is 3.66. The Balaban J connectivity index is 0.000000405. The largest absolute Gasteiger partial charge is 0.316 e. The molecule has 2 rings (SSSR count). The molecule has 2 atom stereocenters. The van der Waals surface area contributed by atoms with E-state index in [9.17, 15) is 0 Å². The predicted octanol–water partition coefficient (Wildman–Crippen LogP) is 1.43. The van der Waals surface area contributed by atoms with Crippen LogP contribution in [-0.4, -0.2) is 13.1 Å². The van der Waals surface area contributed by atoms with Crippen LogP contribution in [0.1, 0.15) is 19.3 Å². The molecule has 0 spiro atoms. The summed E-state index contributed by atoms with van der Waals surface area (Å²) in [5, 5.41) is 3.45. The normalized spacial score (nSPS) is 40.0. The number of fused-ring (bicyclic) bond motifs is 2. The molecule has 1 N–H and O–H groups in total. The van der Waals surface area contributed by atoms with Crippen LogP contribution in [0.4, 0.5) is 0 Å². The topological polar surface area (TPSA) is 12.0 Å². The van der Waals surface area contributed by atoms with E-state index in [0.717, 1.165) is 11.8 Å². The highest BCUT2D eigenvalue weighted by Gasteiger charge is 2.27. The molecule has 9 heavy (non-hydrogen) atoms. The molecule has 2 heteroatoms. The molecule has 2 fully saturated rings. The molecule has 54 valence electrons. The van der Waals surface area contributed by atoms with Crippen molar-refractivity contribution in [1.82, 2.24) is 5.32 Å². The minimum absolute atomic E-state index is 0. The van der Waals surface area contributed by atoms with E-state index in [2.05, 4.69) is 5.32 Å². The first kappa shape index (κ1) is 7.36. The summed E-state index contributed by atoms with van der Waals surface area (Å²) in [6, 6.07) is 0. The monoisotopic (exact) mass is 147 g/mol. The summed E-state index contributed by atoms with van der Waals surface area (Å²) < 4.78 is 0. The highest BCUT2D eigenvalue weighted by Crippen LogP contribution is 2.32. The first-order valence-corrected chi connectivity index (χ1v) is 3.66. The van der Waals surface area contributed by atoms with Gasteiger partial charge in [-0.15, -0.1) is 12.4 Å². The van der Waals surface area contributed by atoms with Gasteiger partial charge in [-0.1, -0.05) is 0 Å². The molecule has 1 saturated carbocycles. The second-order valence-electron chi connectivity index (χ2n) is 3.20. The van der Waals surface area contributed by atoms with Gasteiger partial charge in [0, 0.05) is 0 Å². The third-order valence-electron chi connectivity index (χ3n) is 2.52. The van der Waals surface area contributed by atoms with Crippen molar-refractivity contribution >= 4 is 12.4 Å². The fourth-order valence-electron chi connectivity index (χ4n) is 2.04. The summed E-state index contributed by atoms with van der Waals surface area (Å²) in [7, 11) is 0. The van der Waals surface area contributed by atoms with Gasteiger partial charge in [0.2, 0.25) is 0 Å². The summed E-state index contributed by atoms with van der Waals surface area (Å²) in [6.45, 7) is 2.60. The Morgan fingerprint density at radius 2 is 1.56 bits per heavy atom. The van der Waals surface area contributed by atoms with Crippen molar-refractivity contribution in [1.29, 1.82) is 0 Å². The highest BCUT2D eigenvalue weighted by atomic mass is 35.5. The van der Waals surface area contributed by atoms with Gasteiger partial charge in [0.1, 0.15) is 0 Å². The molecule has 0 amide bonds. The van der Waals surface area contributed by atoms with Crippen LogP contribution in [0.25, 0.3) is 0 Å². The molecule has 0 aromatic carbocycles. The van der Waals surface area contributed by atoms with E-state index in [-0.39, 0.29) is 12.4 Å². The van der Waals surface area contributed by atoms with Gasteiger partial charge in [-0.25, -0.2) is 0 Å². The third-order valence-corrected chi connectivity index (χ3v) is 2.52. The van der Waals surface area contributed by atoms with Gasteiger partial charge >= 0.3 is 0 Å². The van der Waals surface area contributed by atoms with Crippen molar-refractivity contribution in [3.63, 3.8) is 0 Å². The fourth-order valence-corrected chi connectivity index (χ4v) is 2.04. The molecule has 1 saturated heterocycles. The summed E-state index contributed by atoms with van der Waals surface area (Å²) in [5.74, 6) is 2.10. The zero-order valence-corrected chi connectivity index (χ0v) is 6.41. The predicted molar refractivity (Wildman–Crippen MR) is 40.9 cm³/mol. The van der Waals surface area contributed by atoms with E-state index in [4.69, 9.17) is 0 Å². The lowest BCUT2D eigenvalue weighted by Crippen LogP contribution is -2.30. The lowest BCUT2D eigenvalue weighted by molar-refractivity contribution is 0.379. The molecule has 0 aromatic rings. The zero-order valence-electron chi connectivity index (χ0n) is 5.60.